The average Bonchev–Trinajstić information content (AvgIpc) is 3.23. The fourth-order valence-corrected chi connectivity index (χ4v) is 2.91. The second-order valence-electron chi connectivity index (χ2n) is 5.78. The molecule has 7 nitrogen and oxygen atoms in total. The zero-order valence-corrected chi connectivity index (χ0v) is 15.7. The highest BCUT2D eigenvalue weighted by atomic mass is 32.1. The summed E-state index contributed by atoms with van der Waals surface area (Å²) in [6.07, 6.45) is -3.32. The van der Waals surface area contributed by atoms with Gasteiger partial charge in [-0.15, -0.1) is 11.3 Å². The van der Waals surface area contributed by atoms with Gasteiger partial charge in [-0.3, -0.25) is 14.9 Å². The Morgan fingerprint density at radius 2 is 1.90 bits per heavy atom. The Bertz CT molecular complexity index is 1080. The summed E-state index contributed by atoms with van der Waals surface area (Å²) < 4.78 is 43.7. The number of nitro groups is 1. The zero-order chi connectivity index (χ0) is 21.7. The van der Waals surface area contributed by atoms with Gasteiger partial charge < -0.3 is 4.74 Å². The fourth-order valence-electron chi connectivity index (χ4n) is 2.30. The summed E-state index contributed by atoms with van der Waals surface area (Å²) >= 11 is 1.27. The number of halogens is 3. The topological polar surface area (TPSA) is 93.8 Å². The van der Waals surface area contributed by atoms with Crippen LogP contribution < -0.4 is 10.2 Å². The number of carbonyl (C=O) groups excluding carboxylic acids is 1. The van der Waals surface area contributed by atoms with Crippen LogP contribution in [0.15, 0.2) is 65.1 Å². The normalized spacial score (nSPS) is 11.4. The molecule has 1 amide bonds. The summed E-state index contributed by atoms with van der Waals surface area (Å²) in [4.78, 5) is 22.4. The number of hydrogen-bond donors (Lipinski definition) is 1. The van der Waals surface area contributed by atoms with Crippen LogP contribution in [0.2, 0.25) is 0 Å². The number of thiophene rings is 1. The third kappa shape index (κ3) is 5.20. The van der Waals surface area contributed by atoms with Crippen LogP contribution >= 0.6 is 11.3 Å². The van der Waals surface area contributed by atoms with Crippen molar-refractivity contribution in [2.24, 2.45) is 5.10 Å². The Hall–Kier alpha value is -3.73. The molecule has 0 spiro atoms. The van der Waals surface area contributed by atoms with E-state index in [2.05, 4.69) is 10.5 Å². The van der Waals surface area contributed by atoms with Gasteiger partial charge in [0.1, 0.15) is 5.75 Å². The third-order valence-corrected chi connectivity index (χ3v) is 4.58. The van der Waals surface area contributed by atoms with Gasteiger partial charge >= 0.3 is 11.9 Å². The van der Waals surface area contributed by atoms with E-state index in [0.29, 0.717) is 22.6 Å². The van der Waals surface area contributed by atoms with Gasteiger partial charge in [0.25, 0.3) is 5.91 Å². The Balaban J connectivity index is 1.69. The first-order valence-electron chi connectivity index (χ1n) is 8.24. The molecule has 1 N–H and O–H groups in total. The molecule has 0 aliphatic heterocycles. The van der Waals surface area contributed by atoms with Gasteiger partial charge in [0.2, 0.25) is 5.75 Å². The predicted octanol–water partition coefficient (Wildman–Crippen LogP) is 5.23. The summed E-state index contributed by atoms with van der Waals surface area (Å²) in [6, 6.07) is 11.5. The van der Waals surface area contributed by atoms with Gasteiger partial charge in [-0.25, -0.2) is 5.43 Å². The van der Waals surface area contributed by atoms with Crippen LogP contribution in [0.25, 0.3) is 0 Å². The van der Waals surface area contributed by atoms with Crippen LogP contribution in [0.1, 0.15) is 20.8 Å². The number of benzene rings is 2. The van der Waals surface area contributed by atoms with E-state index in [4.69, 9.17) is 4.74 Å². The van der Waals surface area contributed by atoms with Crippen molar-refractivity contribution in [2.75, 3.05) is 0 Å². The maximum Gasteiger partial charge on any atom is 0.416 e. The van der Waals surface area contributed by atoms with Crippen molar-refractivity contribution in [3.05, 3.63) is 86.1 Å². The molecule has 11 heteroatoms. The van der Waals surface area contributed by atoms with Crippen LogP contribution in [-0.2, 0) is 6.18 Å². The SMILES string of the molecule is O=C(N/N=C/c1ccc(Oc2ccc(C(F)(F)F)cc2[N+](=O)[O-])cc1)c1cccs1. The van der Waals surface area contributed by atoms with Gasteiger partial charge in [-0.05, 0) is 53.4 Å². The molecule has 2 aromatic carbocycles. The minimum atomic E-state index is -4.71. The lowest BCUT2D eigenvalue weighted by molar-refractivity contribution is -0.385. The first-order chi connectivity index (χ1) is 14.2. The van der Waals surface area contributed by atoms with E-state index in [9.17, 15) is 28.1 Å². The number of amides is 1. The molecule has 0 aliphatic rings. The quantitative estimate of drug-likeness (QED) is 0.326. The maximum absolute atomic E-state index is 12.8. The first-order valence-corrected chi connectivity index (χ1v) is 9.12. The molecule has 0 bridgehead atoms. The van der Waals surface area contributed by atoms with Crippen molar-refractivity contribution in [1.29, 1.82) is 0 Å². The Labute approximate surface area is 171 Å². The molecule has 0 fully saturated rings. The second kappa shape index (κ2) is 8.74. The average molecular weight is 435 g/mol. The lowest BCUT2D eigenvalue weighted by Gasteiger charge is -2.10. The standard InChI is InChI=1S/C19H12F3N3O4S/c20-19(21,22)13-5-8-16(15(10-13)25(27)28)29-14-6-3-12(4-7-14)11-23-24-18(26)17-2-1-9-30-17/h1-11H,(H,24,26)/b23-11+. The van der Waals surface area contributed by atoms with E-state index in [1.54, 1.807) is 29.6 Å². The van der Waals surface area contributed by atoms with Gasteiger partial charge in [0.15, 0.2) is 0 Å². The van der Waals surface area contributed by atoms with Gasteiger partial charge in [-0.2, -0.15) is 18.3 Å². The number of alkyl halides is 3. The summed E-state index contributed by atoms with van der Waals surface area (Å²) in [5.41, 5.74) is 1.02. The molecule has 30 heavy (non-hydrogen) atoms. The number of rotatable bonds is 6. The van der Waals surface area contributed by atoms with E-state index in [1.807, 2.05) is 0 Å². The fraction of sp³-hybridized carbons (Fsp3) is 0.0526. The molecule has 0 saturated carbocycles. The number of carbonyl (C=O) groups is 1. The van der Waals surface area contributed by atoms with E-state index in [1.165, 1.54) is 29.7 Å². The van der Waals surface area contributed by atoms with Gasteiger partial charge in [0.05, 0.1) is 21.6 Å². The molecule has 3 aromatic rings. The van der Waals surface area contributed by atoms with Crippen molar-refractivity contribution < 1.29 is 27.6 Å². The molecule has 0 radical (unpaired) electrons. The van der Waals surface area contributed by atoms with Crippen molar-refractivity contribution >= 4 is 29.1 Å². The van der Waals surface area contributed by atoms with Crippen LogP contribution in [-0.4, -0.2) is 17.0 Å². The monoisotopic (exact) mass is 435 g/mol. The van der Waals surface area contributed by atoms with Crippen molar-refractivity contribution in [3.63, 3.8) is 0 Å². The largest absolute Gasteiger partial charge is 0.450 e. The van der Waals surface area contributed by atoms with Crippen LogP contribution in [0.5, 0.6) is 11.5 Å². The summed E-state index contributed by atoms with van der Waals surface area (Å²) in [5.74, 6) is -0.494. The number of nitrogens with one attached hydrogen (secondary N) is 1. The third-order valence-electron chi connectivity index (χ3n) is 3.72. The van der Waals surface area contributed by atoms with Gasteiger partial charge in [0, 0.05) is 6.07 Å². The van der Waals surface area contributed by atoms with E-state index >= 15 is 0 Å². The molecule has 0 atom stereocenters. The van der Waals surface area contributed by atoms with Crippen LogP contribution in [0.3, 0.4) is 0 Å². The Morgan fingerprint density at radius 3 is 2.50 bits per heavy atom. The van der Waals surface area contributed by atoms with E-state index in [-0.39, 0.29) is 17.4 Å². The van der Waals surface area contributed by atoms with Gasteiger partial charge in [-0.1, -0.05) is 6.07 Å². The molecular weight excluding hydrogens is 423 g/mol. The number of nitrogens with zero attached hydrogens (tertiary/aromatic N) is 2. The molecule has 0 aliphatic carbocycles. The molecule has 1 aromatic heterocycles. The van der Waals surface area contributed by atoms with Crippen molar-refractivity contribution in [3.8, 4) is 11.5 Å². The first kappa shape index (κ1) is 21.0. The smallest absolute Gasteiger partial charge is 0.416 e. The number of hydrazone groups is 1. The van der Waals surface area contributed by atoms with E-state index in [0.717, 1.165) is 6.07 Å². The second-order valence-corrected chi connectivity index (χ2v) is 6.73. The maximum atomic E-state index is 12.8. The van der Waals surface area contributed by atoms with Crippen LogP contribution in [0, 0.1) is 10.1 Å². The number of nitro benzene ring substituents is 1. The Morgan fingerprint density at radius 1 is 1.17 bits per heavy atom. The van der Waals surface area contributed by atoms with Crippen molar-refractivity contribution in [1.82, 2.24) is 5.43 Å². The highest BCUT2D eigenvalue weighted by Crippen LogP contribution is 2.37. The predicted molar refractivity (Wildman–Crippen MR) is 104 cm³/mol. The summed E-state index contributed by atoms with van der Waals surface area (Å²) in [6.45, 7) is 0. The minimum Gasteiger partial charge on any atom is -0.450 e. The Kier molecular flexibility index (Phi) is 6.11. The molecule has 0 unspecified atom stereocenters. The highest BCUT2D eigenvalue weighted by molar-refractivity contribution is 7.12. The molecule has 1 heterocycles. The minimum absolute atomic E-state index is 0.178. The highest BCUT2D eigenvalue weighted by Gasteiger charge is 2.33. The van der Waals surface area contributed by atoms with Crippen molar-refractivity contribution in [2.45, 2.75) is 6.18 Å². The number of hydrogen-bond acceptors (Lipinski definition) is 6. The summed E-state index contributed by atoms with van der Waals surface area (Å²) in [7, 11) is 0. The molecule has 154 valence electrons. The van der Waals surface area contributed by atoms with E-state index < -0.39 is 22.4 Å². The molecule has 3 rings (SSSR count). The lowest BCUT2D eigenvalue weighted by Crippen LogP contribution is -2.16. The van der Waals surface area contributed by atoms with Crippen LogP contribution in [0.4, 0.5) is 18.9 Å². The zero-order valence-electron chi connectivity index (χ0n) is 14.9. The summed E-state index contributed by atoms with van der Waals surface area (Å²) in [5, 5.41) is 16.7. The molecular formula is C19H12F3N3O4S. The molecule has 0 saturated heterocycles. The number of ether oxygens (including phenoxy) is 1. The lowest BCUT2D eigenvalue weighted by atomic mass is 10.2.